The average molecular weight is 455 g/mol. The summed E-state index contributed by atoms with van der Waals surface area (Å²) in [5.41, 5.74) is 0.510. The minimum Gasteiger partial charge on any atom is -0.381 e. The van der Waals surface area contributed by atoms with E-state index in [9.17, 15) is 18.0 Å². The average Bonchev–Trinajstić information content (AvgIpc) is 3.11. The highest BCUT2D eigenvalue weighted by atomic mass is 19.4. The molecule has 0 unspecified atom stereocenters. The van der Waals surface area contributed by atoms with Crippen LogP contribution in [0.1, 0.15) is 75.0 Å². The van der Waals surface area contributed by atoms with Crippen LogP contribution in [0.4, 0.5) is 13.2 Å². The monoisotopic (exact) mass is 454 g/mol. The van der Waals surface area contributed by atoms with Crippen molar-refractivity contribution in [3.05, 3.63) is 34.9 Å². The molecule has 1 aromatic carbocycles. The van der Waals surface area contributed by atoms with Gasteiger partial charge >= 0.3 is 6.18 Å². The Morgan fingerprint density at radius 2 is 1.75 bits per heavy atom. The second-order valence-corrected chi connectivity index (χ2v) is 9.61. The highest BCUT2D eigenvalue weighted by Crippen LogP contribution is 2.39. The molecule has 1 saturated carbocycles. The summed E-state index contributed by atoms with van der Waals surface area (Å²) in [6, 6.07) is 4.35. The van der Waals surface area contributed by atoms with Crippen LogP contribution in [0.2, 0.25) is 0 Å². The lowest BCUT2D eigenvalue weighted by atomic mass is 9.72. The van der Waals surface area contributed by atoms with E-state index in [1.54, 1.807) is 11.0 Å². The molecule has 0 radical (unpaired) electrons. The summed E-state index contributed by atoms with van der Waals surface area (Å²) in [7, 11) is 1.94. The lowest BCUT2D eigenvalue weighted by Gasteiger charge is -2.41. The van der Waals surface area contributed by atoms with Crippen molar-refractivity contribution in [1.82, 2.24) is 10.2 Å². The van der Waals surface area contributed by atoms with E-state index in [4.69, 9.17) is 4.74 Å². The molecule has 0 aromatic heterocycles. The second kappa shape index (κ2) is 11.0. The first-order chi connectivity index (χ1) is 15.2. The van der Waals surface area contributed by atoms with E-state index in [0.717, 1.165) is 50.5 Å². The Labute approximate surface area is 189 Å². The van der Waals surface area contributed by atoms with E-state index in [1.165, 1.54) is 31.7 Å². The first kappa shape index (κ1) is 25.0. The van der Waals surface area contributed by atoms with Gasteiger partial charge in [-0.25, -0.2) is 0 Å². The molecule has 180 valence electrons. The van der Waals surface area contributed by atoms with Crippen LogP contribution >= 0.6 is 0 Å². The fraction of sp³-hybridized carbons (Fsp3) is 0.720. The molecule has 1 saturated heterocycles. The van der Waals surface area contributed by atoms with Gasteiger partial charge in [-0.05, 0) is 75.3 Å². The fourth-order valence-corrected chi connectivity index (χ4v) is 4.91. The number of carbonyl (C=O) groups excluding carboxylic acids is 1. The largest absolute Gasteiger partial charge is 0.416 e. The molecular formula is C25H37F3N2O2. The SMILES string of the molecule is C1CCCOCC1.CNC1CCC(C)(C(=O)N2CCc3ccc(C(F)(F)F)cc3C2)CC1. The van der Waals surface area contributed by atoms with E-state index in [2.05, 4.69) is 5.32 Å². The molecule has 7 heteroatoms. The molecule has 0 atom stereocenters. The van der Waals surface area contributed by atoms with Gasteiger partial charge < -0.3 is 15.0 Å². The Kier molecular flexibility index (Phi) is 8.62. The zero-order valence-electron chi connectivity index (χ0n) is 19.4. The summed E-state index contributed by atoms with van der Waals surface area (Å²) in [5, 5.41) is 3.26. The van der Waals surface area contributed by atoms with Gasteiger partial charge in [0.1, 0.15) is 0 Å². The predicted molar refractivity (Wildman–Crippen MR) is 119 cm³/mol. The maximum absolute atomic E-state index is 13.0. The van der Waals surface area contributed by atoms with Crippen molar-refractivity contribution in [2.24, 2.45) is 5.41 Å². The highest BCUT2D eigenvalue weighted by Gasteiger charge is 2.40. The number of nitrogens with one attached hydrogen (secondary N) is 1. The summed E-state index contributed by atoms with van der Waals surface area (Å²) in [4.78, 5) is 14.8. The zero-order chi connectivity index (χ0) is 23.2. The number of hydrogen-bond donors (Lipinski definition) is 1. The van der Waals surface area contributed by atoms with Crippen molar-refractivity contribution in [2.45, 2.75) is 83.5 Å². The molecular weight excluding hydrogens is 417 g/mol. The van der Waals surface area contributed by atoms with Gasteiger partial charge in [0.15, 0.2) is 0 Å². The van der Waals surface area contributed by atoms with Gasteiger partial charge in [-0.2, -0.15) is 13.2 Å². The molecule has 32 heavy (non-hydrogen) atoms. The molecule has 3 aliphatic rings. The first-order valence-corrected chi connectivity index (χ1v) is 12.0. The number of hydrogen-bond acceptors (Lipinski definition) is 3. The Morgan fingerprint density at radius 3 is 2.34 bits per heavy atom. The van der Waals surface area contributed by atoms with Crippen LogP contribution in [0.5, 0.6) is 0 Å². The normalized spacial score (nSPS) is 26.4. The fourth-order valence-electron chi connectivity index (χ4n) is 4.91. The topological polar surface area (TPSA) is 41.6 Å². The number of nitrogens with zero attached hydrogens (tertiary/aromatic N) is 1. The van der Waals surface area contributed by atoms with Crippen molar-refractivity contribution < 1.29 is 22.7 Å². The van der Waals surface area contributed by atoms with Crippen LogP contribution in [-0.4, -0.2) is 43.7 Å². The third kappa shape index (κ3) is 6.47. The molecule has 2 fully saturated rings. The lowest BCUT2D eigenvalue weighted by Crippen LogP contribution is -2.47. The molecule has 1 N–H and O–H groups in total. The number of halogens is 3. The molecule has 0 bridgehead atoms. The van der Waals surface area contributed by atoms with Gasteiger partial charge in [-0.3, -0.25) is 4.79 Å². The Hall–Kier alpha value is -1.60. The van der Waals surface area contributed by atoms with Gasteiger partial charge in [-0.1, -0.05) is 25.8 Å². The van der Waals surface area contributed by atoms with E-state index >= 15 is 0 Å². The van der Waals surface area contributed by atoms with Crippen molar-refractivity contribution in [3.63, 3.8) is 0 Å². The quantitative estimate of drug-likeness (QED) is 0.656. The van der Waals surface area contributed by atoms with Gasteiger partial charge in [0.05, 0.1) is 5.56 Å². The van der Waals surface area contributed by atoms with Crippen LogP contribution in [0.15, 0.2) is 18.2 Å². The van der Waals surface area contributed by atoms with E-state index in [0.29, 0.717) is 24.6 Å². The van der Waals surface area contributed by atoms with Crippen LogP contribution in [0, 0.1) is 5.41 Å². The van der Waals surface area contributed by atoms with Crippen LogP contribution in [-0.2, 0) is 28.7 Å². The van der Waals surface area contributed by atoms with E-state index in [1.807, 2.05) is 14.0 Å². The molecule has 1 aromatic rings. The second-order valence-electron chi connectivity index (χ2n) is 9.61. The smallest absolute Gasteiger partial charge is 0.381 e. The predicted octanol–water partition coefficient (Wildman–Crippen LogP) is 5.34. The molecule has 4 rings (SSSR count). The molecule has 0 spiro atoms. The third-order valence-corrected chi connectivity index (χ3v) is 7.17. The van der Waals surface area contributed by atoms with Crippen molar-refractivity contribution in [3.8, 4) is 0 Å². The first-order valence-electron chi connectivity index (χ1n) is 12.0. The van der Waals surface area contributed by atoms with Crippen molar-refractivity contribution in [2.75, 3.05) is 26.8 Å². The Bertz CT molecular complexity index is 738. The molecule has 4 nitrogen and oxygen atoms in total. The number of rotatable bonds is 2. The van der Waals surface area contributed by atoms with Crippen molar-refractivity contribution >= 4 is 5.91 Å². The highest BCUT2D eigenvalue weighted by molar-refractivity contribution is 5.82. The van der Waals surface area contributed by atoms with Crippen LogP contribution < -0.4 is 5.32 Å². The molecule has 1 aliphatic carbocycles. The number of ether oxygens (including phenoxy) is 1. The summed E-state index contributed by atoms with van der Waals surface area (Å²) in [5.74, 6) is 0.0881. The maximum atomic E-state index is 13.0. The summed E-state index contributed by atoms with van der Waals surface area (Å²) < 4.78 is 44.0. The van der Waals surface area contributed by atoms with E-state index < -0.39 is 17.2 Å². The number of benzene rings is 1. The van der Waals surface area contributed by atoms with Gasteiger partial charge in [-0.15, -0.1) is 0 Å². The summed E-state index contributed by atoms with van der Waals surface area (Å²) in [6.45, 7) is 4.87. The minimum atomic E-state index is -4.35. The maximum Gasteiger partial charge on any atom is 0.416 e. The third-order valence-electron chi connectivity index (χ3n) is 7.17. The van der Waals surface area contributed by atoms with Gasteiger partial charge in [0, 0.05) is 37.8 Å². The summed E-state index contributed by atoms with van der Waals surface area (Å²) in [6.07, 6.45) is 5.14. The lowest BCUT2D eigenvalue weighted by molar-refractivity contribution is -0.144. The van der Waals surface area contributed by atoms with Gasteiger partial charge in [0.25, 0.3) is 0 Å². The van der Waals surface area contributed by atoms with Gasteiger partial charge in [0.2, 0.25) is 5.91 Å². The number of fused-ring (bicyclic) bond motifs is 1. The standard InChI is InChI=1S/C19H25F3N2O.C6H12O/c1-18(8-5-16(23-2)6-9-18)17(25)24-10-7-13-3-4-15(19(20,21)22)11-14(13)12-24;1-2-4-6-7-5-3-1/h3-4,11,16,23H,5-10,12H2,1-2H3;1-6H2. The molecule has 2 heterocycles. The minimum absolute atomic E-state index is 0.0881. The number of amides is 1. The van der Waals surface area contributed by atoms with Crippen LogP contribution in [0.3, 0.4) is 0 Å². The number of carbonyl (C=O) groups is 1. The number of alkyl halides is 3. The molecule has 2 aliphatic heterocycles. The Morgan fingerprint density at radius 1 is 1.09 bits per heavy atom. The van der Waals surface area contributed by atoms with Crippen molar-refractivity contribution in [1.29, 1.82) is 0 Å². The Balaban J connectivity index is 0.000000352. The molecule has 1 amide bonds. The summed E-state index contributed by atoms with van der Waals surface area (Å²) >= 11 is 0. The van der Waals surface area contributed by atoms with E-state index in [-0.39, 0.29) is 12.5 Å². The van der Waals surface area contributed by atoms with Crippen LogP contribution in [0.25, 0.3) is 0 Å². The zero-order valence-corrected chi connectivity index (χ0v) is 19.4.